The van der Waals surface area contributed by atoms with E-state index in [4.69, 9.17) is 0 Å². The average molecular weight is 150 g/mol. The highest BCUT2D eigenvalue weighted by Gasteiger charge is 2.33. The van der Waals surface area contributed by atoms with Gasteiger partial charge in [0.2, 0.25) is 0 Å². The van der Waals surface area contributed by atoms with E-state index in [0.29, 0.717) is 0 Å². The fraction of sp³-hybridized carbons (Fsp3) is 0.143. The first-order chi connectivity index (χ1) is 4.95. The number of nitrogens with zero attached hydrogens (tertiary/aromatic N) is 1. The van der Waals surface area contributed by atoms with Crippen molar-refractivity contribution in [1.82, 2.24) is 9.03 Å². The summed E-state index contributed by atoms with van der Waals surface area (Å²) in [6.07, 6.45) is 7.59. The number of fused-ring (bicyclic) bond motifs is 5. The van der Waals surface area contributed by atoms with Crippen molar-refractivity contribution < 1.29 is 0 Å². The van der Waals surface area contributed by atoms with Crippen molar-refractivity contribution in [3.63, 3.8) is 0 Å². The minimum absolute atomic E-state index is 1.14. The van der Waals surface area contributed by atoms with Gasteiger partial charge in [-0.15, -0.1) is 0 Å². The first-order valence-electron chi connectivity index (χ1n) is 3.28. The molecule has 2 aliphatic heterocycles. The van der Waals surface area contributed by atoms with E-state index in [1.807, 2.05) is 0 Å². The topological polar surface area (TPSA) is 15.3 Å². The minimum atomic E-state index is 1.14. The van der Waals surface area contributed by atoms with Crippen LogP contribution < -0.4 is 4.72 Å². The lowest BCUT2D eigenvalue weighted by atomic mass is 10.2. The molecule has 0 atom stereocenters. The molecule has 0 spiro atoms. The van der Waals surface area contributed by atoms with Crippen molar-refractivity contribution in [2.75, 3.05) is 0 Å². The van der Waals surface area contributed by atoms with Gasteiger partial charge in [0.25, 0.3) is 0 Å². The number of rotatable bonds is 0. The van der Waals surface area contributed by atoms with Gasteiger partial charge in [-0.1, -0.05) is 6.08 Å². The van der Waals surface area contributed by atoms with E-state index < -0.39 is 0 Å². The molecule has 0 aromatic rings. The lowest BCUT2D eigenvalue weighted by molar-refractivity contribution is 0.775. The molecule has 1 N–H and O–H groups in total. The largest absolute Gasteiger partial charge is 0.316 e. The Labute approximate surface area is 63.5 Å². The van der Waals surface area contributed by atoms with Crippen LogP contribution >= 0.6 is 12.1 Å². The second-order valence-electron chi connectivity index (χ2n) is 2.56. The summed E-state index contributed by atoms with van der Waals surface area (Å²) >= 11 is 1.66. The quantitative estimate of drug-likeness (QED) is 0.527. The van der Waals surface area contributed by atoms with Crippen LogP contribution in [0.15, 0.2) is 35.3 Å². The van der Waals surface area contributed by atoms with Crippen LogP contribution in [0.1, 0.15) is 6.42 Å². The summed E-state index contributed by atoms with van der Waals surface area (Å²) in [5.74, 6) is 0. The van der Waals surface area contributed by atoms with Gasteiger partial charge in [0.1, 0.15) is 0 Å². The molecule has 0 amide bonds. The van der Waals surface area contributed by atoms with Crippen LogP contribution in [0, 0.1) is 0 Å². The Bertz CT molecular complexity index is 288. The van der Waals surface area contributed by atoms with Crippen molar-refractivity contribution >= 4 is 12.1 Å². The third-order valence-corrected chi connectivity index (χ3v) is 2.83. The summed E-state index contributed by atoms with van der Waals surface area (Å²) in [4.78, 5) is 0. The van der Waals surface area contributed by atoms with Crippen LogP contribution in [0.4, 0.5) is 0 Å². The molecule has 0 saturated carbocycles. The molecule has 1 fully saturated rings. The summed E-state index contributed by atoms with van der Waals surface area (Å²) in [6, 6.07) is 0. The molecule has 3 rings (SSSR count). The Balaban J connectivity index is 2.20. The van der Waals surface area contributed by atoms with Crippen LogP contribution in [-0.4, -0.2) is 4.31 Å². The molecule has 1 aliphatic carbocycles. The number of hydrogen-bond acceptors (Lipinski definition) is 3. The second kappa shape index (κ2) is 1.42. The predicted molar refractivity (Wildman–Crippen MR) is 41.4 cm³/mol. The first-order valence-corrected chi connectivity index (χ1v) is 4.05. The molecular weight excluding hydrogens is 144 g/mol. The maximum Gasteiger partial charge on any atom is 0.0740 e. The second-order valence-corrected chi connectivity index (χ2v) is 3.34. The predicted octanol–water partition coefficient (Wildman–Crippen LogP) is 1.52. The zero-order valence-corrected chi connectivity index (χ0v) is 6.11. The lowest BCUT2D eigenvalue weighted by Crippen LogP contribution is -2.04. The van der Waals surface area contributed by atoms with Gasteiger partial charge in [0.05, 0.1) is 17.8 Å². The van der Waals surface area contributed by atoms with E-state index in [9.17, 15) is 0 Å². The normalized spacial score (nSPS) is 25.6. The molecule has 0 aromatic carbocycles. The third-order valence-electron chi connectivity index (χ3n) is 2.00. The summed E-state index contributed by atoms with van der Waals surface area (Å²) < 4.78 is 5.37. The molecule has 3 aliphatic rings. The summed E-state index contributed by atoms with van der Waals surface area (Å²) in [6.45, 7) is 0. The molecular formula is C7H6N2S. The van der Waals surface area contributed by atoms with E-state index in [1.54, 1.807) is 12.1 Å². The summed E-state index contributed by atoms with van der Waals surface area (Å²) in [5.41, 5.74) is 4.21. The maximum absolute atomic E-state index is 3.12. The summed E-state index contributed by atoms with van der Waals surface area (Å²) in [5, 5.41) is 0. The Morgan fingerprint density at radius 3 is 3.40 bits per heavy atom. The summed E-state index contributed by atoms with van der Waals surface area (Å²) in [7, 11) is 0. The van der Waals surface area contributed by atoms with Gasteiger partial charge in [-0.05, 0) is 11.6 Å². The molecule has 10 heavy (non-hydrogen) atoms. The molecule has 0 radical (unpaired) electrons. The smallest absolute Gasteiger partial charge is 0.0740 e. The highest BCUT2D eigenvalue weighted by Crippen LogP contribution is 2.45. The van der Waals surface area contributed by atoms with Crippen molar-refractivity contribution in [1.29, 1.82) is 0 Å². The first kappa shape index (κ1) is 4.91. The molecule has 50 valence electrons. The Kier molecular flexibility index (Phi) is 0.699. The van der Waals surface area contributed by atoms with Gasteiger partial charge in [-0.25, -0.2) is 0 Å². The standard InChI is InChI=1S/C7H6N2S/c1-2-6-3-5(1)7-4-8-10-9(6)7/h1-2,4,8H,3H2. The number of allylic oxidation sites excluding steroid dienone is 4. The fourth-order valence-corrected chi connectivity index (χ4v) is 2.29. The molecule has 3 heteroatoms. The zero-order valence-electron chi connectivity index (χ0n) is 5.29. The van der Waals surface area contributed by atoms with Gasteiger partial charge < -0.3 is 4.72 Å². The van der Waals surface area contributed by atoms with Crippen molar-refractivity contribution in [2.45, 2.75) is 6.42 Å². The SMILES string of the molecule is C1=C2CC(=C1)N1SNC=C21. The Morgan fingerprint density at radius 2 is 2.50 bits per heavy atom. The number of nitrogens with one attached hydrogen (secondary N) is 1. The van der Waals surface area contributed by atoms with E-state index in [-0.39, 0.29) is 0 Å². The zero-order chi connectivity index (χ0) is 6.55. The third kappa shape index (κ3) is 0.399. The average Bonchev–Trinajstić information content (AvgIpc) is 2.60. The maximum atomic E-state index is 3.12. The Morgan fingerprint density at radius 1 is 1.50 bits per heavy atom. The number of hydrogen-bond donors (Lipinski definition) is 1. The molecule has 0 unspecified atom stereocenters. The van der Waals surface area contributed by atoms with E-state index in [2.05, 4.69) is 27.4 Å². The van der Waals surface area contributed by atoms with Crippen molar-refractivity contribution in [3.05, 3.63) is 35.3 Å². The van der Waals surface area contributed by atoms with E-state index >= 15 is 0 Å². The molecule has 0 aromatic heterocycles. The highest BCUT2D eigenvalue weighted by atomic mass is 32.2. The molecule has 2 bridgehead atoms. The van der Waals surface area contributed by atoms with Crippen molar-refractivity contribution in [2.24, 2.45) is 0 Å². The minimum Gasteiger partial charge on any atom is -0.316 e. The monoisotopic (exact) mass is 150 g/mol. The molecule has 2 nitrogen and oxygen atoms in total. The van der Waals surface area contributed by atoms with Crippen LogP contribution in [-0.2, 0) is 0 Å². The van der Waals surface area contributed by atoms with Gasteiger partial charge in [-0.2, -0.15) is 0 Å². The fourth-order valence-electron chi connectivity index (χ4n) is 1.50. The van der Waals surface area contributed by atoms with Gasteiger partial charge in [-0.3, -0.25) is 4.31 Å². The van der Waals surface area contributed by atoms with E-state index in [1.165, 1.54) is 17.0 Å². The molecule has 1 saturated heterocycles. The van der Waals surface area contributed by atoms with Crippen LogP contribution in [0.2, 0.25) is 0 Å². The molecule has 2 heterocycles. The van der Waals surface area contributed by atoms with Gasteiger partial charge >= 0.3 is 0 Å². The Hall–Kier alpha value is -0.830. The highest BCUT2D eigenvalue weighted by molar-refractivity contribution is 7.95. The van der Waals surface area contributed by atoms with Crippen molar-refractivity contribution in [3.8, 4) is 0 Å². The van der Waals surface area contributed by atoms with Gasteiger partial charge in [0.15, 0.2) is 0 Å². The lowest BCUT2D eigenvalue weighted by Gasteiger charge is -2.12. The van der Waals surface area contributed by atoms with E-state index in [0.717, 1.165) is 6.42 Å². The van der Waals surface area contributed by atoms with Gasteiger partial charge in [0, 0.05) is 18.3 Å². The van der Waals surface area contributed by atoms with Crippen LogP contribution in [0.25, 0.3) is 0 Å². The van der Waals surface area contributed by atoms with Crippen LogP contribution in [0.3, 0.4) is 0 Å². The van der Waals surface area contributed by atoms with Crippen LogP contribution in [0.5, 0.6) is 0 Å².